The second-order valence-electron chi connectivity index (χ2n) is 5.69. The minimum atomic E-state index is 0.00690. The Morgan fingerprint density at radius 1 is 1.50 bits per heavy atom. The Kier molecular flexibility index (Phi) is 3.77. The average Bonchev–Trinajstić information content (AvgIpc) is 2.22. The van der Waals surface area contributed by atoms with E-state index in [0.29, 0.717) is 5.92 Å². The van der Waals surface area contributed by atoms with E-state index >= 15 is 0 Å². The highest BCUT2D eigenvalue weighted by atomic mass is 16.1. The third-order valence-corrected chi connectivity index (χ3v) is 4.40. The molecule has 0 saturated heterocycles. The summed E-state index contributed by atoms with van der Waals surface area (Å²) in [5.74, 6) is 0.855. The summed E-state index contributed by atoms with van der Waals surface area (Å²) in [6.45, 7) is 14.6. The maximum absolute atomic E-state index is 12.4. The molecule has 0 amide bonds. The summed E-state index contributed by atoms with van der Waals surface area (Å²) in [7, 11) is 0. The van der Waals surface area contributed by atoms with Crippen LogP contribution in [0.2, 0.25) is 0 Å². The Hall–Kier alpha value is -0.850. The predicted molar refractivity (Wildman–Crippen MR) is 69.2 cm³/mol. The number of hydrogen-bond donors (Lipinski definition) is 0. The van der Waals surface area contributed by atoms with E-state index in [1.165, 1.54) is 0 Å². The number of carbonyl (C=O) groups excluding carboxylic acids is 1. The van der Waals surface area contributed by atoms with Crippen molar-refractivity contribution >= 4 is 5.78 Å². The molecule has 1 nitrogen and oxygen atoms in total. The van der Waals surface area contributed by atoms with Crippen LogP contribution in [0.15, 0.2) is 23.8 Å². The molecule has 0 aromatic rings. The van der Waals surface area contributed by atoms with Crippen molar-refractivity contribution in [1.82, 2.24) is 0 Å². The van der Waals surface area contributed by atoms with Gasteiger partial charge in [0.05, 0.1) is 0 Å². The maximum atomic E-state index is 12.4. The summed E-state index contributed by atoms with van der Waals surface area (Å²) in [5.41, 5.74) is 2.03. The quantitative estimate of drug-likeness (QED) is 0.504. The van der Waals surface area contributed by atoms with Gasteiger partial charge in [0.15, 0.2) is 5.78 Å². The van der Waals surface area contributed by atoms with Crippen LogP contribution >= 0.6 is 0 Å². The summed E-state index contributed by atoms with van der Waals surface area (Å²) in [4.78, 5) is 12.4. The summed E-state index contributed by atoms with van der Waals surface area (Å²) in [6.07, 6.45) is 4.06. The van der Waals surface area contributed by atoms with Gasteiger partial charge >= 0.3 is 0 Å². The van der Waals surface area contributed by atoms with Gasteiger partial charge in [0.1, 0.15) is 0 Å². The van der Waals surface area contributed by atoms with Gasteiger partial charge in [-0.05, 0) is 43.6 Å². The van der Waals surface area contributed by atoms with Gasteiger partial charge in [-0.2, -0.15) is 0 Å². The second kappa shape index (κ2) is 4.57. The van der Waals surface area contributed by atoms with Crippen LogP contribution in [0.25, 0.3) is 0 Å². The highest BCUT2D eigenvalue weighted by Crippen LogP contribution is 2.48. The van der Waals surface area contributed by atoms with E-state index in [2.05, 4.69) is 27.4 Å². The lowest BCUT2D eigenvalue weighted by Gasteiger charge is -2.44. The van der Waals surface area contributed by atoms with Crippen molar-refractivity contribution in [2.75, 3.05) is 0 Å². The molecular formula is C15H24O. The SMILES string of the molecule is C=C1CCC(C)C(C)(C)C1C(=O)C(C)=CC. The van der Waals surface area contributed by atoms with Gasteiger partial charge in [-0.15, -0.1) is 0 Å². The van der Waals surface area contributed by atoms with Crippen molar-refractivity contribution in [3.8, 4) is 0 Å². The monoisotopic (exact) mass is 220 g/mol. The highest BCUT2D eigenvalue weighted by molar-refractivity contribution is 5.98. The minimum Gasteiger partial charge on any atom is -0.294 e. The Labute approximate surface area is 99.6 Å². The van der Waals surface area contributed by atoms with Crippen molar-refractivity contribution in [3.05, 3.63) is 23.8 Å². The molecule has 2 unspecified atom stereocenters. The van der Waals surface area contributed by atoms with Crippen LogP contribution in [0.3, 0.4) is 0 Å². The molecule has 0 bridgehead atoms. The van der Waals surface area contributed by atoms with Crippen molar-refractivity contribution in [2.24, 2.45) is 17.3 Å². The fourth-order valence-electron chi connectivity index (χ4n) is 2.62. The lowest BCUT2D eigenvalue weighted by Crippen LogP contribution is -2.41. The van der Waals surface area contributed by atoms with Crippen LogP contribution in [-0.4, -0.2) is 5.78 Å². The fourth-order valence-corrected chi connectivity index (χ4v) is 2.62. The Morgan fingerprint density at radius 2 is 2.06 bits per heavy atom. The zero-order valence-corrected chi connectivity index (χ0v) is 11.3. The van der Waals surface area contributed by atoms with Gasteiger partial charge in [-0.3, -0.25) is 4.79 Å². The molecule has 90 valence electrons. The summed E-state index contributed by atoms with van der Waals surface area (Å²) < 4.78 is 0. The first-order valence-corrected chi connectivity index (χ1v) is 6.17. The van der Waals surface area contributed by atoms with Gasteiger partial charge in [0.2, 0.25) is 0 Å². The Morgan fingerprint density at radius 3 is 2.56 bits per heavy atom. The maximum Gasteiger partial charge on any atom is 0.165 e. The first-order valence-electron chi connectivity index (χ1n) is 6.17. The molecule has 16 heavy (non-hydrogen) atoms. The molecule has 1 aliphatic rings. The molecule has 0 aromatic carbocycles. The number of allylic oxidation sites excluding steroid dienone is 3. The third-order valence-electron chi connectivity index (χ3n) is 4.40. The second-order valence-corrected chi connectivity index (χ2v) is 5.69. The molecule has 2 atom stereocenters. The van der Waals surface area contributed by atoms with E-state index in [1.807, 2.05) is 19.9 Å². The van der Waals surface area contributed by atoms with E-state index in [9.17, 15) is 4.79 Å². The molecule has 1 aliphatic carbocycles. The van der Waals surface area contributed by atoms with Gasteiger partial charge in [0, 0.05) is 5.92 Å². The van der Waals surface area contributed by atoms with Crippen LogP contribution in [0.5, 0.6) is 0 Å². The van der Waals surface area contributed by atoms with E-state index in [4.69, 9.17) is 0 Å². The number of Topliss-reactive ketones (excluding diaryl/α,β-unsaturated/α-hetero) is 1. The van der Waals surface area contributed by atoms with Crippen LogP contribution in [0.4, 0.5) is 0 Å². The van der Waals surface area contributed by atoms with Gasteiger partial charge in [-0.25, -0.2) is 0 Å². The highest BCUT2D eigenvalue weighted by Gasteiger charge is 2.43. The molecule has 0 heterocycles. The Balaban J connectivity index is 3.07. The molecule has 1 saturated carbocycles. The lowest BCUT2D eigenvalue weighted by molar-refractivity contribution is -0.123. The molecule has 1 fully saturated rings. The van der Waals surface area contributed by atoms with Crippen LogP contribution in [0.1, 0.15) is 47.5 Å². The van der Waals surface area contributed by atoms with Crippen molar-refractivity contribution in [1.29, 1.82) is 0 Å². The van der Waals surface area contributed by atoms with E-state index in [1.54, 1.807) is 0 Å². The first kappa shape index (κ1) is 13.2. The molecule has 0 aromatic heterocycles. The molecule has 1 heteroatoms. The molecule has 1 rings (SSSR count). The minimum absolute atomic E-state index is 0.00690. The number of rotatable bonds is 2. The van der Waals surface area contributed by atoms with Crippen molar-refractivity contribution in [2.45, 2.75) is 47.5 Å². The summed E-state index contributed by atoms with van der Waals surface area (Å²) in [5, 5.41) is 0. The van der Waals surface area contributed by atoms with E-state index < -0.39 is 0 Å². The normalized spacial score (nSPS) is 30.3. The number of ketones is 1. The lowest BCUT2D eigenvalue weighted by atomic mass is 9.59. The van der Waals surface area contributed by atoms with Gasteiger partial charge < -0.3 is 0 Å². The third kappa shape index (κ3) is 2.14. The number of carbonyl (C=O) groups is 1. The first-order chi connectivity index (χ1) is 7.32. The van der Waals surface area contributed by atoms with Crippen molar-refractivity contribution < 1.29 is 4.79 Å². The molecule has 0 radical (unpaired) electrons. The standard InChI is InChI=1S/C15H24O/c1-7-10(2)14(16)13-11(3)8-9-12(4)15(13,5)6/h7,12-13H,3,8-9H2,1-2,4-6H3. The van der Waals surface area contributed by atoms with Crippen LogP contribution < -0.4 is 0 Å². The molecular weight excluding hydrogens is 196 g/mol. The predicted octanol–water partition coefficient (Wildman–Crippen LogP) is 4.15. The zero-order chi connectivity index (χ0) is 12.5. The Bertz CT molecular complexity index is 333. The largest absolute Gasteiger partial charge is 0.294 e. The topological polar surface area (TPSA) is 17.1 Å². The molecule has 0 aliphatic heterocycles. The van der Waals surface area contributed by atoms with Crippen molar-refractivity contribution in [3.63, 3.8) is 0 Å². The van der Waals surface area contributed by atoms with Crippen LogP contribution in [0, 0.1) is 17.3 Å². The summed E-state index contributed by atoms with van der Waals surface area (Å²) in [6, 6.07) is 0. The smallest absolute Gasteiger partial charge is 0.165 e. The fraction of sp³-hybridized carbons (Fsp3) is 0.667. The van der Waals surface area contributed by atoms with E-state index in [-0.39, 0.29) is 17.1 Å². The van der Waals surface area contributed by atoms with Crippen LogP contribution in [-0.2, 0) is 4.79 Å². The average molecular weight is 220 g/mol. The molecule has 0 spiro atoms. The molecule has 0 N–H and O–H groups in total. The summed E-state index contributed by atoms with van der Waals surface area (Å²) >= 11 is 0. The number of hydrogen-bond acceptors (Lipinski definition) is 1. The van der Waals surface area contributed by atoms with Gasteiger partial charge in [0.25, 0.3) is 0 Å². The van der Waals surface area contributed by atoms with Gasteiger partial charge in [-0.1, -0.05) is 39.0 Å². The van der Waals surface area contributed by atoms with E-state index in [0.717, 1.165) is 24.0 Å². The zero-order valence-electron chi connectivity index (χ0n) is 11.3.